The van der Waals surface area contributed by atoms with Crippen LogP contribution in [0.15, 0.2) is 215 Å². The third kappa shape index (κ3) is 7.65. The molecule has 0 fully saturated rings. The zero-order valence-electron chi connectivity index (χ0n) is 33.2. The average molecular weight is 733 g/mol. The highest BCUT2D eigenvalue weighted by Crippen LogP contribution is 2.60. The maximum absolute atomic E-state index is 2.75. The summed E-state index contributed by atoms with van der Waals surface area (Å²) >= 11 is 0. The Labute approximate surface area is 331 Å². The number of rotatable bonds is 12. The zero-order chi connectivity index (χ0) is 37.8. The number of hydrogen-bond acceptors (Lipinski definition) is 0. The SMILES string of the molecule is CCCC1=CC2=C(C=C(Cc3ccccc3)C2[Si](C)(C)C2C(Cc3ccccc3)=CC3=C2C=C(CCC)C=CC3c2ccccc2)C(c2ccccc2)C=C1. The minimum absolute atomic E-state index is 0.237. The summed E-state index contributed by atoms with van der Waals surface area (Å²) in [5.41, 5.74) is 18.7. The van der Waals surface area contributed by atoms with Crippen molar-refractivity contribution in [2.24, 2.45) is 0 Å². The molecule has 0 amide bonds. The van der Waals surface area contributed by atoms with Gasteiger partial charge in [-0.1, -0.05) is 221 Å². The van der Waals surface area contributed by atoms with Gasteiger partial charge >= 0.3 is 0 Å². The molecule has 1 heteroatoms. The van der Waals surface area contributed by atoms with Crippen LogP contribution in [0.3, 0.4) is 0 Å². The molecule has 55 heavy (non-hydrogen) atoms. The van der Waals surface area contributed by atoms with Gasteiger partial charge in [-0.15, -0.1) is 0 Å². The van der Waals surface area contributed by atoms with E-state index >= 15 is 0 Å². The van der Waals surface area contributed by atoms with Gasteiger partial charge in [0.25, 0.3) is 0 Å². The molecule has 8 rings (SSSR count). The number of benzene rings is 4. The van der Waals surface area contributed by atoms with Crippen molar-refractivity contribution in [3.05, 3.63) is 237 Å². The van der Waals surface area contributed by atoms with Crippen molar-refractivity contribution in [3.63, 3.8) is 0 Å². The van der Waals surface area contributed by atoms with Gasteiger partial charge in [0.15, 0.2) is 0 Å². The van der Waals surface area contributed by atoms with Gasteiger partial charge in [-0.3, -0.25) is 0 Å². The highest BCUT2D eigenvalue weighted by atomic mass is 28.3. The molecule has 0 aromatic heterocycles. The summed E-state index contributed by atoms with van der Waals surface area (Å²) in [5.74, 6) is 0.473. The minimum atomic E-state index is -2.30. The van der Waals surface area contributed by atoms with E-state index in [0.29, 0.717) is 11.1 Å². The van der Waals surface area contributed by atoms with Crippen LogP contribution in [-0.2, 0) is 12.8 Å². The highest BCUT2D eigenvalue weighted by Gasteiger charge is 2.50. The Balaban J connectivity index is 1.34. The average Bonchev–Trinajstić information content (AvgIpc) is 3.61. The van der Waals surface area contributed by atoms with Crippen molar-refractivity contribution in [3.8, 4) is 0 Å². The lowest BCUT2D eigenvalue weighted by Crippen LogP contribution is -2.41. The van der Waals surface area contributed by atoms with Crippen molar-refractivity contribution in [1.29, 1.82) is 0 Å². The maximum atomic E-state index is 2.75. The summed E-state index contributed by atoms with van der Waals surface area (Å²) in [6.07, 6.45) is 27.0. The fraction of sp³-hybridized carbons (Fsp3) is 0.259. The third-order valence-electron chi connectivity index (χ3n) is 12.5. The van der Waals surface area contributed by atoms with E-state index < -0.39 is 8.07 Å². The lowest BCUT2D eigenvalue weighted by atomic mass is 9.89. The Morgan fingerprint density at radius 3 is 1.16 bits per heavy atom. The number of hydrogen-bond donors (Lipinski definition) is 0. The molecule has 0 nitrogen and oxygen atoms in total. The second-order valence-corrected chi connectivity index (χ2v) is 21.5. The predicted octanol–water partition coefficient (Wildman–Crippen LogP) is 14.6. The van der Waals surface area contributed by atoms with E-state index in [2.05, 4.69) is 197 Å². The summed E-state index contributed by atoms with van der Waals surface area (Å²) in [6.45, 7) is 10.1. The van der Waals surface area contributed by atoms with E-state index in [4.69, 9.17) is 0 Å². The molecule has 0 heterocycles. The molecule has 4 aromatic carbocycles. The molecule has 276 valence electrons. The van der Waals surface area contributed by atoms with Crippen molar-refractivity contribution in [1.82, 2.24) is 0 Å². The first-order valence-corrected chi connectivity index (χ1v) is 23.9. The molecule has 4 aliphatic rings. The van der Waals surface area contributed by atoms with E-state index in [0.717, 1.165) is 38.5 Å². The molecular formula is C54H56Si. The molecule has 0 spiro atoms. The van der Waals surface area contributed by atoms with Gasteiger partial charge in [0.2, 0.25) is 0 Å². The minimum Gasteiger partial charge on any atom is -0.0724 e. The lowest BCUT2D eigenvalue weighted by molar-refractivity contribution is 0.912. The fourth-order valence-corrected chi connectivity index (χ4v) is 14.9. The highest BCUT2D eigenvalue weighted by molar-refractivity contribution is 6.83. The summed E-state index contributed by atoms with van der Waals surface area (Å²) in [5, 5.41) is 0. The number of allylic oxidation sites excluding steroid dienone is 16. The van der Waals surface area contributed by atoms with Gasteiger partial charge < -0.3 is 0 Å². The molecule has 0 saturated heterocycles. The smallest absolute Gasteiger partial charge is 0.0722 e. The molecule has 4 aromatic rings. The van der Waals surface area contributed by atoms with Gasteiger partial charge in [0.1, 0.15) is 0 Å². The van der Waals surface area contributed by atoms with Gasteiger partial charge in [0, 0.05) is 22.9 Å². The van der Waals surface area contributed by atoms with Gasteiger partial charge in [-0.05, 0) is 81.4 Å². The Morgan fingerprint density at radius 2 is 0.800 bits per heavy atom. The Hall–Kier alpha value is -4.98. The van der Waals surface area contributed by atoms with Crippen LogP contribution in [-0.4, -0.2) is 8.07 Å². The van der Waals surface area contributed by atoms with Crippen LogP contribution >= 0.6 is 0 Å². The fourth-order valence-electron chi connectivity index (χ4n) is 10.2. The molecule has 4 aliphatic carbocycles. The first-order valence-electron chi connectivity index (χ1n) is 20.8. The summed E-state index contributed by atoms with van der Waals surface area (Å²) < 4.78 is 0. The topological polar surface area (TPSA) is 0 Å². The summed E-state index contributed by atoms with van der Waals surface area (Å²) in [6, 6.07) is 45.0. The summed E-state index contributed by atoms with van der Waals surface area (Å²) in [7, 11) is -2.30. The first-order chi connectivity index (χ1) is 26.9. The normalized spacial score (nSPS) is 22.0. The van der Waals surface area contributed by atoms with Crippen molar-refractivity contribution >= 4 is 8.07 Å². The van der Waals surface area contributed by atoms with Gasteiger partial charge in [-0.2, -0.15) is 0 Å². The molecule has 4 atom stereocenters. The predicted molar refractivity (Wildman–Crippen MR) is 238 cm³/mol. The van der Waals surface area contributed by atoms with Crippen LogP contribution in [0.2, 0.25) is 24.2 Å². The van der Waals surface area contributed by atoms with Crippen molar-refractivity contribution < 1.29 is 0 Å². The first kappa shape index (κ1) is 37.0. The largest absolute Gasteiger partial charge is 0.0724 e. The van der Waals surface area contributed by atoms with E-state index in [1.54, 1.807) is 22.3 Å². The molecule has 0 radical (unpaired) electrons. The quantitative estimate of drug-likeness (QED) is 0.127. The molecule has 0 aliphatic heterocycles. The standard InChI is InChI=1S/C54H56Si/c1-5-19-39-29-31-47(43-25-15-9-16-26-43)49-37-45(33-41-21-11-7-12-22-41)53(51(49)35-39)55(3,4)54-46(34-42-23-13-8-14-24-42)38-50-48(44-27-17-10-18-28-44)32-30-40(20-6-2)36-52(50)54/h7-18,21-32,35-38,47-48,53-54H,5-6,19-20,33-34H2,1-4H3. The Kier molecular flexibility index (Phi) is 11.0. The van der Waals surface area contributed by atoms with Crippen LogP contribution in [0, 0.1) is 0 Å². The van der Waals surface area contributed by atoms with Gasteiger partial charge in [-0.25, -0.2) is 0 Å². The van der Waals surface area contributed by atoms with Crippen LogP contribution in [0.5, 0.6) is 0 Å². The lowest BCUT2D eigenvalue weighted by Gasteiger charge is -2.41. The maximum Gasteiger partial charge on any atom is 0.0722 e. The van der Waals surface area contributed by atoms with E-state index in [9.17, 15) is 0 Å². The molecular weight excluding hydrogens is 677 g/mol. The monoisotopic (exact) mass is 732 g/mol. The second kappa shape index (κ2) is 16.4. The van der Waals surface area contributed by atoms with E-state index in [-0.39, 0.29) is 11.8 Å². The van der Waals surface area contributed by atoms with Crippen LogP contribution in [0.1, 0.15) is 73.6 Å². The van der Waals surface area contributed by atoms with Crippen LogP contribution in [0.25, 0.3) is 0 Å². The zero-order valence-corrected chi connectivity index (χ0v) is 34.2. The van der Waals surface area contributed by atoms with Crippen LogP contribution in [0.4, 0.5) is 0 Å². The molecule has 0 bridgehead atoms. The molecule has 0 N–H and O–H groups in total. The molecule has 0 saturated carbocycles. The van der Waals surface area contributed by atoms with Gasteiger partial charge in [0.05, 0.1) is 8.07 Å². The Bertz CT molecular complexity index is 2080. The van der Waals surface area contributed by atoms with Crippen molar-refractivity contribution in [2.75, 3.05) is 0 Å². The van der Waals surface area contributed by atoms with E-state index in [1.165, 1.54) is 44.5 Å². The molecule has 4 unspecified atom stereocenters. The second-order valence-electron chi connectivity index (χ2n) is 16.7. The van der Waals surface area contributed by atoms with Crippen molar-refractivity contribution in [2.45, 2.75) is 88.4 Å². The summed E-state index contributed by atoms with van der Waals surface area (Å²) in [4.78, 5) is 0. The third-order valence-corrected chi connectivity index (χ3v) is 16.8. The van der Waals surface area contributed by atoms with E-state index in [1.807, 2.05) is 0 Å². The Morgan fingerprint density at radius 1 is 0.436 bits per heavy atom. The van der Waals surface area contributed by atoms with Crippen LogP contribution < -0.4 is 0 Å².